The highest BCUT2D eigenvalue weighted by atomic mass is 16.2. The summed E-state index contributed by atoms with van der Waals surface area (Å²) in [7, 11) is 0. The molecule has 1 aromatic heterocycles. The number of hydrogen-bond donors (Lipinski definition) is 2. The second kappa shape index (κ2) is 7.15. The lowest BCUT2D eigenvalue weighted by molar-refractivity contribution is -0.122. The molecule has 1 saturated heterocycles. The molecule has 1 fully saturated rings. The van der Waals surface area contributed by atoms with Gasteiger partial charge in [0.05, 0.1) is 0 Å². The summed E-state index contributed by atoms with van der Waals surface area (Å²) in [5, 5.41) is 5.81. The maximum absolute atomic E-state index is 12.1. The molecule has 2 atom stereocenters. The third kappa shape index (κ3) is 4.24. The summed E-state index contributed by atoms with van der Waals surface area (Å²) in [6.45, 7) is 5.84. The van der Waals surface area contributed by atoms with Gasteiger partial charge in [0.15, 0.2) is 0 Å². The van der Waals surface area contributed by atoms with Gasteiger partial charge in [-0.15, -0.1) is 0 Å². The number of urea groups is 1. The van der Waals surface area contributed by atoms with Gasteiger partial charge in [-0.1, -0.05) is 0 Å². The number of rotatable bonds is 5. The summed E-state index contributed by atoms with van der Waals surface area (Å²) in [5.41, 5.74) is 0. The van der Waals surface area contributed by atoms with Gasteiger partial charge in [-0.05, 0) is 32.4 Å². The SMILES string of the molecule is CCNC(=O)N1CC[C@H](NC(=O)C[C@@H](C)n2cccc2)C1. The van der Waals surface area contributed by atoms with E-state index in [9.17, 15) is 9.59 Å². The van der Waals surface area contributed by atoms with Crippen molar-refractivity contribution in [2.24, 2.45) is 0 Å². The van der Waals surface area contributed by atoms with Crippen LogP contribution in [-0.2, 0) is 4.79 Å². The molecule has 2 rings (SSSR count). The van der Waals surface area contributed by atoms with E-state index in [2.05, 4.69) is 10.6 Å². The highest BCUT2D eigenvalue weighted by molar-refractivity contribution is 5.77. The molecule has 21 heavy (non-hydrogen) atoms. The first kappa shape index (κ1) is 15.4. The molecule has 0 saturated carbocycles. The molecular formula is C15H24N4O2. The van der Waals surface area contributed by atoms with Crippen LogP contribution in [0.25, 0.3) is 0 Å². The molecule has 0 spiro atoms. The first-order valence-electron chi connectivity index (χ1n) is 7.54. The average molecular weight is 292 g/mol. The first-order chi connectivity index (χ1) is 10.1. The normalized spacial score (nSPS) is 19.3. The smallest absolute Gasteiger partial charge is 0.317 e. The predicted octanol–water partition coefficient (Wildman–Crippen LogP) is 1.36. The van der Waals surface area contributed by atoms with Crippen LogP contribution in [-0.4, -0.2) is 47.1 Å². The summed E-state index contributed by atoms with van der Waals surface area (Å²) in [5.74, 6) is 0.0407. The van der Waals surface area contributed by atoms with E-state index in [1.807, 2.05) is 42.9 Å². The molecule has 6 heteroatoms. The van der Waals surface area contributed by atoms with Crippen molar-refractivity contribution in [2.75, 3.05) is 19.6 Å². The summed E-state index contributed by atoms with van der Waals surface area (Å²) in [6.07, 6.45) is 5.20. The van der Waals surface area contributed by atoms with Crippen LogP contribution in [0, 0.1) is 0 Å². The Morgan fingerprint density at radius 1 is 1.33 bits per heavy atom. The first-order valence-corrected chi connectivity index (χ1v) is 7.54. The molecule has 1 aliphatic heterocycles. The molecule has 1 aromatic rings. The minimum atomic E-state index is -0.0463. The van der Waals surface area contributed by atoms with Crippen LogP contribution < -0.4 is 10.6 Å². The fourth-order valence-corrected chi connectivity index (χ4v) is 2.63. The van der Waals surface area contributed by atoms with Gasteiger partial charge in [0, 0.05) is 50.5 Å². The molecule has 2 heterocycles. The quantitative estimate of drug-likeness (QED) is 0.860. The Bertz CT molecular complexity index is 472. The molecule has 6 nitrogen and oxygen atoms in total. The summed E-state index contributed by atoms with van der Waals surface area (Å²) >= 11 is 0. The highest BCUT2D eigenvalue weighted by Gasteiger charge is 2.27. The molecule has 0 unspecified atom stereocenters. The summed E-state index contributed by atoms with van der Waals surface area (Å²) in [6, 6.07) is 4.07. The van der Waals surface area contributed by atoms with Gasteiger partial charge >= 0.3 is 6.03 Å². The predicted molar refractivity (Wildman–Crippen MR) is 81.0 cm³/mol. The average Bonchev–Trinajstić information content (AvgIpc) is 3.09. The van der Waals surface area contributed by atoms with Crippen LogP contribution in [0.2, 0.25) is 0 Å². The van der Waals surface area contributed by atoms with E-state index in [1.54, 1.807) is 4.90 Å². The number of carbonyl (C=O) groups is 2. The third-order valence-electron chi connectivity index (χ3n) is 3.79. The molecular weight excluding hydrogens is 268 g/mol. The topological polar surface area (TPSA) is 66.4 Å². The highest BCUT2D eigenvalue weighted by Crippen LogP contribution is 2.13. The van der Waals surface area contributed by atoms with Gasteiger partial charge in [0.1, 0.15) is 0 Å². The minimum absolute atomic E-state index is 0.0407. The lowest BCUT2D eigenvalue weighted by Gasteiger charge is -2.18. The van der Waals surface area contributed by atoms with Gasteiger partial charge in [0.2, 0.25) is 5.91 Å². The Kier molecular flexibility index (Phi) is 5.25. The fourth-order valence-electron chi connectivity index (χ4n) is 2.63. The van der Waals surface area contributed by atoms with Gasteiger partial charge < -0.3 is 20.1 Å². The maximum atomic E-state index is 12.1. The number of aromatic nitrogens is 1. The van der Waals surface area contributed by atoms with Crippen LogP contribution in [0.3, 0.4) is 0 Å². The molecule has 0 bridgehead atoms. The van der Waals surface area contributed by atoms with Gasteiger partial charge in [-0.25, -0.2) is 4.79 Å². The molecule has 3 amide bonds. The Labute approximate surface area is 125 Å². The van der Waals surface area contributed by atoms with E-state index in [4.69, 9.17) is 0 Å². The van der Waals surface area contributed by atoms with E-state index in [-0.39, 0.29) is 24.0 Å². The van der Waals surface area contributed by atoms with Crippen LogP contribution in [0.1, 0.15) is 32.7 Å². The van der Waals surface area contributed by atoms with E-state index in [0.717, 1.165) is 6.42 Å². The monoisotopic (exact) mass is 292 g/mol. The van der Waals surface area contributed by atoms with Crippen molar-refractivity contribution in [2.45, 2.75) is 38.8 Å². The number of carbonyl (C=O) groups excluding carboxylic acids is 2. The Hall–Kier alpha value is -1.98. The Balaban J connectivity index is 1.75. The largest absolute Gasteiger partial charge is 0.351 e. The minimum Gasteiger partial charge on any atom is -0.351 e. The zero-order chi connectivity index (χ0) is 15.2. The van der Waals surface area contributed by atoms with Gasteiger partial charge in [-0.3, -0.25) is 4.79 Å². The second-order valence-corrected chi connectivity index (χ2v) is 5.52. The standard InChI is InChI=1S/C15H24N4O2/c1-3-16-15(21)19-9-6-13(11-19)17-14(20)10-12(2)18-7-4-5-8-18/h4-5,7-8,12-13H,3,6,9-11H2,1-2H3,(H,16,21)(H,17,20)/t12-,13+/m1/s1. The fraction of sp³-hybridized carbons (Fsp3) is 0.600. The lowest BCUT2D eigenvalue weighted by Crippen LogP contribution is -2.42. The van der Waals surface area contributed by atoms with Gasteiger partial charge in [0.25, 0.3) is 0 Å². The van der Waals surface area contributed by atoms with Crippen molar-refractivity contribution in [1.29, 1.82) is 0 Å². The van der Waals surface area contributed by atoms with Crippen molar-refractivity contribution >= 4 is 11.9 Å². The van der Waals surface area contributed by atoms with Crippen molar-refractivity contribution in [3.8, 4) is 0 Å². The zero-order valence-corrected chi connectivity index (χ0v) is 12.7. The molecule has 0 aromatic carbocycles. The number of likely N-dealkylation sites (tertiary alicyclic amines) is 1. The summed E-state index contributed by atoms with van der Waals surface area (Å²) < 4.78 is 2.02. The van der Waals surface area contributed by atoms with Crippen molar-refractivity contribution in [3.05, 3.63) is 24.5 Å². The third-order valence-corrected chi connectivity index (χ3v) is 3.79. The molecule has 0 radical (unpaired) electrons. The van der Waals surface area contributed by atoms with E-state index >= 15 is 0 Å². The van der Waals surface area contributed by atoms with E-state index in [0.29, 0.717) is 26.1 Å². The number of amides is 3. The summed E-state index contributed by atoms with van der Waals surface area (Å²) in [4.78, 5) is 25.5. The van der Waals surface area contributed by atoms with E-state index < -0.39 is 0 Å². The number of nitrogens with one attached hydrogen (secondary N) is 2. The van der Waals surface area contributed by atoms with E-state index in [1.165, 1.54) is 0 Å². The van der Waals surface area contributed by atoms with Crippen LogP contribution in [0.4, 0.5) is 4.79 Å². The maximum Gasteiger partial charge on any atom is 0.317 e. The lowest BCUT2D eigenvalue weighted by atomic mass is 10.2. The number of hydrogen-bond acceptors (Lipinski definition) is 2. The Morgan fingerprint density at radius 2 is 2.05 bits per heavy atom. The van der Waals surface area contributed by atoms with Crippen molar-refractivity contribution in [1.82, 2.24) is 20.1 Å². The van der Waals surface area contributed by atoms with Crippen molar-refractivity contribution in [3.63, 3.8) is 0 Å². The second-order valence-electron chi connectivity index (χ2n) is 5.52. The Morgan fingerprint density at radius 3 is 2.71 bits per heavy atom. The molecule has 116 valence electrons. The molecule has 1 aliphatic rings. The van der Waals surface area contributed by atoms with Gasteiger partial charge in [-0.2, -0.15) is 0 Å². The van der Waals surface area contributed by atoms with Crippen LogP contribution in [0.15, 0.2) is 24.5 Å². The van der Waals surface area contributed by atoms with Crippen LogP contribution in [0.5, 0.6) is 0 Å². The molecule has 0 aliphatic carbocycles. The zero-order valence-electron chi connectivity index (χ0n) is 12.7. The van der Waals surface area contributed by atoms with Crippen molar-refractivity contribution < 1.29 is 9.59 Å². The molecule has 2 N–H and O–H groups in total. The number of nitrogens with zero attached hydrogens (tertiary/aromatic N) is 2. The van der Waals surface area contributed by atoms with Crippen LogP contribution >= 0.6 is 0 Å².